The van der Waals surface area contributed by atoms with Crippen LogP contribution in [0.4, 0.5) is 11.4 Å². The lowest BCUT2D eigenvalue weighted by molar-refractivity contribution is -0.384. The summed E-state index contributed by atoms with van der Waals surface area (Å²) in [6.45, 7) is 1.85. The second-order valence-corrected chi connectivity index (χ2v) is 8.62. The molecule has 3 N–H and O–H groups in total. The molecule has 3 aromatic carbocycles. The molecule has 0 saturated carbocycles. The number of carbonyl (C=O) groups is 2. The Bertz CT molecular complexity index is 1540. The number of nitro benzene ring substituents is 1. The molecule has 4 rings (SSSR count). The zero-order chi connectivity index (χ0) is 25.8. The summed E-state index contributed by atoms with van der Waals surface area (Å²) in [5.74, 6) is -1.71. The molecule has 180 valence electrons. The molecule has 1 heterocycles. The van der Waals surface area contributed by atoms with E-state index >= 15 is 0 Å². The Balaban J connectivity index is 1.69. The Morgan fingerprint density at radius 2 is 1.81 bits per heavy atom. The topological polar surface area (TPSA) is 150 Å². The van der Waals surface area contributed by atoms with Crippen LogP contribution in [0.15, 0.2) is 87.1 Å². The number of azo groups is 1. The molecule has 11 heteroatoms. The van der Waals surface area contributed by atoms with Crippen LogP contribution in [-0.4, -0.2) is 26.8 Å². The summed E-state index contributed by atoms with van der Waals surface area (Å²) in [5, 5.41) is 32.0. The minimum absolute atomic E-state index is 0.0619. The maximum atomic E-state index is 13.0. The smallest absolute Gasteiger partial charge is 0.311 e. The molecule has 4 aromatic rings. The minimum Gasteiger partial charge on any atom is -0.493 e. The molecule has 0 spiro atoms. The van der Waals surface area contributed by atoms with Crippen molar-refractivity contribution >= 4 is 56.1 Å². The van der Waals surface area contributed by atoms with Crippen LogP contribution in [0.3, 0.4) is 0 Å². The van der Waals surface area contributed by atoms with E-state index in [1.54, 1.807) is 36.4 Å². The number of hydrogen-bond acceptors (Lipinski definition) is 6. The molecular formula is C25H18BrN5O5. The fraction of sp³-hybridized carbons (Fsp3) is 0.0400. The van der Waals surface area contributed by atoms with Gasteiger partial charge in [0.1, 0.15) is 5.70 Å². The molecule has 0 aliphatic carbocycles. The lowest BCUT2D eigenvalue weighted by atomic mass is 10.1. The average molecular weight is 548 g/mol. The molecule has 0 radical (unpaired) electrons. The van der Waals surface area contributed by atoms with Gasteiger partial charge in [0.2, 0.25) is 5.88 Å². The first-order valence-electron chi connectivity index (χ1n) is 10.5. The number of aromatic hydroxyl groups is 1. The SMILES string of the molecule is Cc1cc(Br)cc2c(N=NC(=O)/C(=C\c3ccc([N+](=O)[O-])cc3)NC(=O)c3ccccc3)c(O)[nH]c12. The van der Waals surface area contributed by atoms with Gasteiger partial charge < -0.3 is 15.4 Å². The van der Waals surface area contributed by atoms with E-state index in [0.29, 0.717) is 22.0 Å². The van der Waals surface area contributed by atoms with Gasteiger partial charge in [-0.3, -0.25) is 19.7 Å². The third-order valence-electron chi connectivity index (χ3n) is 5.19. The van der Waals surface area contributed by atoms with Crippen molar-refractivity contribution in [1.82, 2.24) is 10.3 Å². The van der Waals surface area contributed by atoms with Crippen molar-refractivity contribution < 1.29 is 19.6 Å². The zero-order valence-electron chi connectivity index (χ0n) is 18.7. The fourth-order valence-electron chi connectivity index (χ4n) is 3.45. The van der Waals surface area contributed by atoms with Crippen LogP contribution in [0.1, 0.15) is 21.5 Å². The Labute approximate surface area is 212 Å². The summed E-state index contributed by atoms with van der Waals surface area (Å²) in [6.07, 6.45) is 1.34. The maximum Gasteiger partial charge on any atom is 0.311 e. The predicted molar refractivity (Wildman–Crippen MR) is 137 cm³/mol. The number of aromatic amines is 1. The molecule has 0 saturated heterocycles. The summed E-state index contributed by atoms with van der Waals surface area (Å²) in [6, 6.07) is 17.3. The molecule has 0 bridgehead atoms. The predicted octanol–water partition coefficient (Wildman–Crippen LogP) is 5.93. The first kappa shape index (κ1) is 24.5. The molecule has 0 aliphatic heterocycles. The number of amides is 2. The van der Waals surface area contributed by atoms with Gasteiger partial charge in [0, 0.05) is 27.6 Å². The maximum absolute atomic E-state index is 13.0. The van der Waals surface area contributed by atoms with Crippen molar-refractivity contribution in [3.8, 4) is 5.88 Å². The Hall–Kier alpha value is -4.64. The minimum atomic E-state index is -0.891. The van der Waals surface area contributed by atoms with Gasteiger partial charge in [-0.1, -0.05) is 34.1 Å². The number of rotatable bonds is 6. The summed E-state index contributed by atoms with van der Waals surface area (Å²) < 4.78 is 0.753. The number of non-ortho nitro benzene ring substituents is 1. The highest BCUT2D eigenvalue weighted by Gasteiger charge is 2.17. The summed E-state index contributed by atoms with van der Waals surface area (Å²) in [4.78, 5) is 38.9. The molecule has 0 atom stereocenters. The van der Waals surface area contributed by atoms with E-state index in [1.165, 1.54) is 30.3 Å². The molecule has 0 unspecified atom stereocenters. The number of nitrogens with zero attached hydrogens (tertiary/aromatic N) is 3. The van der Waals surface area contributed by atoms with Crippen LogP contribution < -0.4 is 5.32 Å². The van der Waals surface area contributed by atoms with Gasteiger partial charge in [-0.25, -0.2) is 0 Å². The quantitative estimate of drug-likeness (QED) is 0.118. The number of halogens is 1. The van der Waals surface area contributed by atoms with Gasteiger partial charge in [0.15, 0.2) is 5.69 Å². The normalized spacial score (nSPS) is 11.7. The number of hydrogen-bond donors (Lipinski definition) is 3. The van der Waals surface area contributed by atoms with E-state index in [0.717, 1.165) is 10.0 Å². The Kier molecular flexibility index (Phi) is 7.02. The molecule has 2 amide bonds. The third-order valence-corrected chi connectivity index (χ3v) is 5.65. The highest BCUT2D eigenvalue weighted by molar-refractivity contribution is 9.10. The number of aryl methyl sites for hydroxylation is 1. The van der Waals surface area contributed by atoms with Crippen molar-refractivity contribution in [3.63, 3.8) is 0 Å². The van der Waals surface area contributed by atoms with E-state index in [-0.39, 0.29) is 23.0 Å². The number of aromatic nitrogens is 1. The Morgan fingerprint density at radius 1 is 1.11 bits per heavy atom. The van der Waals surface area contributed by atoms with E-state index in [4.69, 9.17) is 0 Å². The Morgan fingerprint density at radius 3 is 2.47 bits per heavy atom. The van der Waals surface area contributed by atoms with Gasteiger partial charge in [-0.2, -0.15) is 0 Å². The number of nitrogens with one attached hydrogen (secondary N) is 2. The third kappa shape index (κ3) is 5.36. The summed E-state index contributed by atoms with van der Waals surface area (Å²) in [7, 11) is 0. The second kappa shape index (κ2) is 10.3. The molecular weight excluding hydrogens is 530 g/mol. The van der Waals surface area contributed by atoms with Crippen molar-refractivity contribution in [3.05, 3.63) is 104 Å². The lowest BCUT2D eigenvalue weighted by Crippen LogP contribution is -2.26. The van der Waals surface area contributed by atoms with Crippen LogP contribution in [-0.2, 0) is 4.79 Å². The lowest BCUT2D eigenvalue weighted by Gasteiger charge is -2.07. The van der Waals surface area contributed by atoms with Crippen LogP contribution >= 0.6 is 15.9 Å². The van der Waals surface area contributed by atoms with Gasteiger partial charge >= 0.3 is 5.91 Å². The molecule has 10 nitrogen and oxygen atoms in total. The molecule has 1 aromatic heterocycles. The number of H-pyrrole nitrogens is 1. The first-order chi connectivity index (χ1) is 17.2. The van der Waals surface area contributed by atoms with Crippen molar-refractivity contribution in [2.45, 2.75) is 6.92 Å². The standard InChI is InChI=1S/C25H18BrN5O5/c1-14-11-17(26)13-19-21(14)28-25(34)22(19)29-30-24(33)20(27-23(32)16-5-3-2-4-6-16)12-15-7-9-18(10-8-15)31(35)36/h2-13,28,34H,1H3,(H,27,32)/b20-12+,30-29?. The van der Waals surface area contributed by atoms with Gasteiger partial charge in [0.25, 0.3) is 11.6 Å². The summed E-state index contributed by atoms with van der Waals surface area (Å²) in [5.41, 5.74) is 1.94. The first-order valence-corrected chi connectivity index (χ1v) is 11.3. The van der Waals surface area contributed by atoms with E-state index in [9.17, 15) is 24.8 Å². The van der Waals surface area contributed by atoms with E-state index < -0.39 is 16.7 Å². The van der Waals surface area contributed by atoms with Crippen molar-refractivity contribution in [1.29, 1.82) is 0 Å². The monoisotopic (exact) mass is 547 g/mol. The van der Waals surface area contributed by atoms with Gasteiger partial charge in [-0.15, -0.1) is 10.2 Å². The number of fused-ring (bicyclic) bond motifs is 1. The number of benzene rings is 3. The number of carbonyl (C=O) groups excluding carboxylic acids is 2. The van der Waals surface area contributed by atoms with Gasteiger partial charge in [-0.05, 0) is 60.5 Å². The van der Waals surface area contributed by atoms with Crippen LogP contribution in [0, 0.1) is 17.0 Å². The fourth-order valence-corrected chi connectivity index (χ4v) is 4.02. The zero-order valence-corrected chi connectivity index (χ0v) is 20.3. The molecule has 36 heavy (non-hydrogen) atoms. The largest absolute Gasteiger partial charge is 0.493 e. The highest BCUT2D eigenvalue weighted by Crippen LogP contribution is 2.38. The van der Waals surface area contributed by atoms with E-state index in [1.807, 2.05) is 13.0 Å². The summed E-state index contributed by atoms with van der Waals surface area (Å²) >= 11 is 3.40. The van der Waals surface area contributed by atoms with Gasteiger partial charge in [0.05, 0.1) is 10.4 Å². The van der Waals surface area contributed by atoms with Crippen LogP contribution in [0.5, 0.6) is 5.88 Å². The molecule has 0 aliphatic rings. The van der Waals surface area contributed by atoms with Crippen LogP contribution in [0.25, 0.3) is 17.0 Å². The van der Waals surface area contributed by atoms with E-state index in [2.05, 4.69) is 36.5 Å². The molecule has 0 fully saturated rings. The average Bonchev–Trinajstić information content (AvgIpc) is 3.18. The van der Waals surface area contributed by atoms with Crippen molar-refractivity contribution in [2.75, 3.05) is 0 Å². The van der Waals surface area contributed by atoms with Crippen LogP contribution in [0.2, 0.25) is 0 Å². The number of nitro groups is 1. The van der Waals surface area contributed by atoms with Crippen molar-refractivity contribution in [2.24, 2.45) is 10.2 Å². The second-order valence-electron chi connectivity index (χ2n) is 7.70. The highest BCUT2D eigenvalue weighted by atomic mass is 79.9.